The second kappa shape index (κ2) is 5.14. The fourth-order valence-electron chi connectivity index (χ4n) is 0.970. The van der Waals surface area contributed by atoms with Gasteiger partial charge >= 0.3 is 0 Å². The molecule has 2 aromatic rings. The molecule has 2 rings (SSSR count). The SMILES string of the molecule is CC.c1ccc(-c2ccon2)cc1. The first-order valence-electron chi connectivity index (χ1n) is 4.42. The highest BCUT2D eigenvalue weighted by atomic mass is 16.5. The Labute approximate surface area is 78.2 Å². The molecule has 2 nitrogen and oxygen atoms in total. The fraction of sp³-hybridized carbons (Fsp3) is 0.182. The Hall–Kier alpha value is -1.57. The van der Waals surface area contributed by atoms with Crippen LogP contribution in [0.15, 0.2) is 47.2 Å². The van der Waals surface area contributed by atoms with E-state index in [1.165, 1.54) is 0 Å². The lowest BCUT2D eigenvalue weighted by Gasteiger charge is -1.90. The van der Waals surface area contributed by atoms with Crippen LogP contribution < -0.4 is 0 Å². The zero-order valence-electron chi connectivity index (χ0n) is 7.90. The van der Waals surface area contributed by atoms with Gasteiger partial charge in [-0.25, -0.2) is 0 Å². The molecule has 1 heterocycles. The van der Waals surface area contributed by atoms with Gasteiger partial charge in [0.05, 0.1) is 0 Å². The van der Waals surface area contributed by atoms with Gasteiger partial charge in [0.15, 0.2) is 0 Å². The highest BCUT2D eigenvalue weighted by Crippen LogP contribution is 2.14. The van der Waals surface area contributed by atoms with E-state index in [1.807, 2.05) is 50.2 Å². The van der Waals surface area contributed by atoms with Crippen molar-refractivity contribution in [3.63, 3.8) is 0 Å². The minimum absolute atomic E-state index is 0.880. The Kier molecular flexibility index (Phi) is 3.76. The van der Waals surface area contributed by atoms with Crippen molar-refractivity contribution >= 4 is 0 Å². The van der Waals surface area contributed by atoms with Gasteiger partial charge in [-0.15, -0.1) is 0 Å². The molecule has 1 aromatic heterocycles. The van der Waals surface area contributed by atoms with Gasteiger partial charge in [0.25, 0.3) is 0 Å². The van der Waals surface area contributed by atoms with E-state index in [0.29, 0.717) is 0 Å². The highest BCUT2D eigenvalue weighted by molar-refractivity contribution is 5.57. The van der Waals surface area contributed by atoms with E-state index in [1.54, 1.807) is 6.26 Å². The second-order valence-electron chi connectivity index (χ2n) is 2.25. The molecular formula is C11H13NO. The molecule has 0 aliphatic heterocycles. The van der Waals surface area contributed by atoms with Crippen molar-refractivity contribution in [2.24, 2.45) is 0 Å². The standard InChI is InChI=1S/C9H7NO.C2H6/c1-2-4-8(5-3-1)9-6-7-11-10-9;1-2/h1-7H;1-2H3. The zero-order valence-corrected chi connectivity index (χ0v) is 7.90. The molecule has 0 fully saturated rings. The summed E-state index contributed by atoms with van der Waals surface area (Å²) in [7, 11) is 0. The van der Waals surface area contributed by atoms with E-state index in [9.17, 15) is 0 Å². The summed E-state index contributed by atoms with van der Waals surface area (Å²) < 4.78 is 4.72. The van der Waals surface area contributed by atoms with Gasteiger partial charge < -0.3 is 4.52 Å². The lowest BCUT2D eigenvalue weighted by Crippen LogP contribution is -1.73. The normalized spacial score (nSPS) is 8.77. The van der Waals surface area contributed by atoms with Gasteiger partial charge in [0, 0.05) is 11.6 Å². The predicted octanol–water partition coefficient (Wildman–Crippen LogP) is 3.37. The molecule has 13 heavy (non-hydrogen) atoms. The summed E-state index contributed by atoms with van der Waals surface area (Å²) in [6.45, 7) is 4.00. The van der Waals surface area contributed by atoms with Crippen molar-refractivity contribution in [3.8, 4) is 11.3 Å². The highest BCUT2D eigenvalue weighted by Gasteiger charge is 1.96. The first-order valence-corrected chi connectivity index (χ1v) is 4.42. The monoisotopic (exact) mass is 175 g/mol. The quantitative estimate of drug-likeness (QED) is 0.664. The number of rotatable bonds is 1. The van der Waals surface area contributed by atoms with Crippen LogP contribution in [0.1, 0.15) is 13.8 Å². The lowest BCUT2D eigenvalue weighted by atomic mass is 10.2. The van der Waals surface area contributed by atoms with E-state index in [0.717, 1.165) is 11.3 Å². The molecule has 0 saturated carbocycles. The third-order valence-electron chi connectivity index (χ3n) is 1.51. The second-order valence-corrected chi connectivity index (χ2v) is 2.25. The van der Waals surface area contributed by atoms with E-state index in [2.05, 4.69) is 5.16 Å². The van der Waals surface area contributed by atoms with E-state index in [-0.39, 0.29) is 0 Å². The van der Waals surface area contributed by atoms with Gasteiger partial charge in [0.1, 0.15) is 12.0 Å². The lowest BCUT2D eigenvalue weighted by molar-refractivity contribution is 0.422. The van der Waals surface area contributed by atoms with Crippen LogP contribution in [0.5, 0.6) is 0 Å². The first-order chi connectivity index (χ1) is 6.47. The summed E-state index contributed by atoms with van der Waals surface area (Å²) >= 11 is 0. The summed E-state index contributed by atoms with van der Waals surface area (Å²) in [6, 6.07) is 11.8. The van der Waals surface area contributed by atoms with E-state index >= 15 is 0 Å². The molecular weight excluding hydrogens is 162 g/mol. The molecule has 0 saturated heterocycles. The third kappa shape index (κ3) is 2.44. The maximum Gasteiger partial charge on any atom is 0.124 e. The van der Waals surface area contributed by atoms with Crippen LogP contribution in [0.3, 0.4) is 0 Å². The summed E-state index contributed by atoms with van der Waals surface area (Å²) in [5.41, 5.74) is 1.96. The van der Waals surface area contributed by atoms with Crippen molar-refractivity contribution in [2.75, 3.05) is 0 Å². The van der Waals surface area contributed by atoms with E-state index < -0.39 is 0 Å². The van der Waals surface area contributed by atoms with Crippen molar-refractivity contribution in [1.29, 1.82) is 0 Å². The van der Waals surface area contributed by atoms with Gasteiger partial charge in [0.2, 0.25) is 0 Å². The molecule has 0 aliphatic carbocycles. The minimum Gasteiger partial charge on any atom is -0.364 e. The summed E-state index contributed by atoms with van der Waals surface area (Å²) in [6.07, 6.45) is 1.57. The molecule has 0 N–H and O–H groups in total. The average Bonchev–Trinajstić information content (AvgIpc) is 2.75. The average molecular weight is 175 g/mol. The zero-order chi connectivity index (χ0) is 9.52. The molecule has 1 aromatic carbocycles. The van der Waals surface area contributed by atoms with Crippen LogP contribution in [-0.2, 0) is 0 Å². The molecule has 68 valence electrons. The number of hydrogen-bond acceptors (Lipinski definition) is 2. The maximum atomic E-state index is 4.72. The first kappa shape index (κ1) is 9.52. The Morgan fingerprint density at radius 3 is 2.23 bits per heavy atom. The minimum atomic E-state index is 0.880. The fourth-order valence-corrected chi connectivity index (χ4v) is 0.970. The summed E-state index contributed by atoms with van der Waals surface area (Å²) in [5.74, 6) is 0. The van der Waals surface area contributed by atoms with Gasteiger partial charge in [-0.1, -0.05) is 49.3 Å². The van der Waals surface area contributed by atoms with Gasteiger partial charge in [-0.2, -0.15) is 0 Å². The molecule has 0 amide bonds. The van der Waals surface area contributed by atoms with Crippen LogP contribution >= 0.6 is 0 Å². The molecule has 0 bridgehead atoms. The predicted molar refractivity (Wildman–Crippen MR) is 53.3 cm³/mol. The van der Waals surface area contributed by atoms with Crippen molar-refractivity contribution in [1.82, 2.24) is 5.16 Å². The van der Waals surface area contributed by atoms with Crippen molar-refractivity contribution < 1.29 is 4.52 Å². The Balaban J connectivity index is 0.000000396. The van der Waals surface area contributed by atoms with E-state index in [4.69, 9.17) is 4.52 Å². The van der Waals surface area contributed by atoms with Gasteiger partial charge in [-0.05, 0) is 0 Å². The van der Waals surface area contributed by atoms with Crippen LogP contribution in [0.4, 0.5) is 0 Å². The number of nitrogens with zero attached hydrogens (tertiary/aromatic N) is 1. The van der Waals surface area contributed by atoms with Crippen molar-refractivity contribution in [2.45, 2.75) is 13.8 Å². The molecule has 2 heteroatoms. The third-order valence-corrected chi connectivity index (χ3v) is 1.51. The molecule has 0 atom stereocenters. The maximum absolute atomic E-state index is 4.72. The largest absolute Gasteiger partial charge is 0.364 e. The molecule has 0 aliphatic rings. The number of benzene rings is 1. The van der Waals surface area contributed by atoms with Crippen LogP contribution in [0.25, 0.3) is 11.3 Å². The number of hydrogen-bond donors (Lipinski definition) is 0. The molecule has 0 radical (unpaired) electrons. The smallest absolute Gasteiger partial charge is 0.124 e. The Bertz CT molecular complexity index is 313. The molecule has 0 unspecified atom stereocenters. The van der Waals surface area contributed by atoms with Crippen LogP contribution in [-0.4, -0.2) is 5.16 Å². The summed E-state index contributed by atoms with van der Waals surface area (Å²) in [4.78, 5) is 0. The van der Waals surface area contributed by atoms with Crippen LogP contribution in [0.2, 0.25) is 0 Å². The Morgan fingerprint density at radius 2 is 1.69 bits per heavy atom. The van der Waals surface area contributed by atoms with Crippen molar-refractivity contribution in [3.05, 3.63) is 42.7 Å². The summed E-state index contributed by atoms with van der Waals surface area (Å²) in [5, 5.41) is 3.81. The topological polar surface area (TPSA) is 26.0 Å². The Morgan fingerprint density at radius 1 is 1.00 bits per heavy atom. The molecule has 0 spiro atoms. The van der Waals surface area contributed by atoms with Crippen LogP contribution in [0, 0.1) is 0 Å². The van der Waals surface area contributed by atoms with Gasteiger partial charge in [-0.3, -0.25) is 0 Å². The number of aromatic nitrogens is 1.